The quantitative estimate of drug-likeness (QED) is 0.368. The van der Waals surface area contributed by atoms with E-state index >= 15 is 0 Å². The molecule has 184 valence electrons. The third-order valence-electron chi connectivity index (χ3n) is 6.26. The number of rotatable bonds is 6. The maximum absolute atomic E-state index is 13.9. The first-order chi connectivity index (χ1) is 18.1. The molecule has 0 spiro atoms. The largest absolute Gasteiger partial charge is 0.478 e. The third-order valence-corrected chi connectivity index (χ3v) is 7.25. The van der Waals surface area contributed by atoms with E-state index < -0.39 is 12.0 Å². The van der Waals surface area contributed by atoms with E-state index in [1.807, 2.05) is 73.7 Å². The van der Waals surface area contributed by atoms with Crippen molar-refractivity contribution in [2.24, 2.45) is 4.99 Å². The van der Waals surface area contributed by atoms with Gasteiger partial charge in [-0.3, -0.25) is 9.36 Å². The summed E-state index contributed by atoms with van der Waals surface area (Å²) in [6.45, 7) is 1.81. The van der Waals surface area contributed by atoms with Crippen molar-refractivity contribution in [3.8, 4) is 11.8 Å². The van der Waals surface area contributed by atoms with E-state index in [1.165, 1.54) is 18.4 Å². The second-order valence-corrected chi connectivity index (χ2v) is 9.35. The Bertz CT molecular complexity index is 1760. The molecule has 1 atom stereocenters. The van der Waals surface area contributed by atoms with Gasteiger partial charge in [0.05, 0.1) is 29.0 Å². The maximum Gasteiger partial charge on any atom is 0.338 e. The molecule has 1 aliphatic rings. The molecule has 0 fully saturated rings. The average molecular weight is 510 g/mol. The number of nitrogens with zero attached hydrogens (tertiary/aromatic N) is 3. The number of esters is 1. The van der Waals surface area contributed by atoms with E-state index in [0.717, 1.165) is 16.3 Å². The van der Waals surface area contributed by atoms with Gasteiger partial charge in [-0.05, 0) is 34.9 Å². The minimum Gasteiger partial charge on any atom is -0.478 e. The van der Waals surface area contributed by atoms with Gasteiger partial charge in [-0.2, -0.15) is 5.26 Å². The topological polar surface area (TPSA) is 93.7 Å². The standard InChI is InChI=1S/C29H23N3O4S/c1-3-22-25(28(34)35-2)26(19-10-5-4-6-11-19)32-27(33)24(37-29(32)31-22)17-21-20-12-8-7-9-18(20)13-14-23(21)36-16-15-30/h4-14,17,26H,3,16H2,1-2H3/b24-17+/t26-/m0/s1. The number of hydrogen-bond donors (Lipinski definition) is 0. The lowest BCUT2D eigenvalue weighted by molar-refractivity contribution is -0.136. The van der Waals surface area contributed by atoms with Crippen LogP contribution in [0.1, 0.15) is 30.5 Å². The molecule has 2 heterocycles. The molecule has 4 aromatic rings. The number of methoxy groups -OCH3 is 1. The summed E-state index contributed by atoms with van der Waals surface area (Å²) in [4.78, 5) is 32.1. The van der Waals surface area contributed by atoms with E-state index in [2.05, 4.69) is 0 Å². The number of carbonyl (C=O) groups excluding carboxylic acids is 1. The van der Waals surface area contributed by atoms with Crippen LogP contribution in [0.2, 0.25) is 0 Å². The lowest BCUT2D eigenvalue weighted by atomic mass is 9.95. The lowest BCUT2D eigenvalue weighted by Gasteiger charge is -2.25. The van der Waals surface area contributed by atoms with Crippen LogP contribution < -0.4 is 19.6 Å². The van der Waals surface area contributed by atoms with Gasteiger partial charge in [-0.25, -0.2) is 9.79 Å². The van der Waals surface area contributed by atoms with Crippen LogP contribution in [0.4, 0.5) is 0 Å². The molecule has 8 heteroatoms. The molecule has 0 saturated carbocycles. The van der Waals surface area contributed by atoms with Crippen molar-refractivity contribution < 1.29 is 14.3 Å². The number of hydrogen-bond acceptors (Lipinski definition) is 7. The van der Waals surface area contributed by atoms with E-state index in [-0.39, 0.29) is 12.2 Å². The van der Waals surface area contributed by atoms with Crippen molar-refractivity contribution >= 4 is 34.2 Å². The third kappa shape index (κ3) is 4.34. The number of carbonyl (C=O) groups is 1. The zero-order valence-electron chi connectivity index (χ0n) is 20.3. The normalized spacial score (nSPS) is 15.2. The molecule has 0 aliphatic carbocycles. The molecule has 0 unspecified atom stereocenters. The van der Waals surface area contributed by atoms with Gasteiger partial charge in [0.25, 0.3) is 5.56 Å². The van der Waals surface area contributed by atoms with Gasteiger partial charge < -0.3 is 9.47 Å². The van der Waals surface area contributed by atoms with Crippen molar-refractivity contribution in [2.45, 2.75) is 19.4 Å². The summed E-state index contributed by atoms with van der Waals surface area (Å²) in [5.41, 5.74) is 2.18. The summed E-state index contributed by atoms with van der Waals surface area (Å²) < 4.78 is 12.8. The highest BCUT2D eigenvalue weighted by Crippen LogP contribution is 2.32. The Morgan fingerprint density at radius 1 is 1.14 bits per heavy atom. The van der Waals surface area contributed by atoms with E-state index in [9.17, 15) is 9.59 Å². The summed E-state index contributed by atoms with van der Waals surface area (Å²) in [6, 6.07) is 22.3. The summed E-state index contributed by atoms with van der Waals surface area (Å²) in [6.07, 6.45) is 2.29. The number of thiazole rings is 1. The molecule has 7 nitrogen and oxygen atoms in total. The molecule has 37 heavy (non-hydrogen) atoms. The summed E-state index contributed by atoms with van der Waals surface area (Å²) in [5, 5.41) is 10.9. The SMILES string of the molecule is CCC1=C(C(=O)OC)[C@H](c2ccccc2)n2c(s/c(=C/c3c(OCC#N)ccc4ccccc34)c2=O)=N1. The monoisotopic (exact) mass is 509 g/mol. The van der Waals surface area contributed by atoms with E-state index in [1.54, 1.807) is 16.7 Å². The lowest BCUT2D eigenvalue weighted by Crippen LogP contribution is -2.40. The highest BCUT2D eigenvalue weighted by Gasteiger charge is 2.33. The van der Waals surface area contributed by atoms with Crippen LogP contribution in [0.3, 0.4) is 0 Å². The zero-order valence-corrected chi connectivity index (χ0v) is 21.1. The van der Waals surface area contributed by atoms with E-state index in [4.69, 9.17) is 19.7 Å². The highest BCUT2D eigenvalue weighted by atomic mass is 32.1. The first-order valence-corrected chi connectivity index (χ1v) is 12.6. The number of fused-ring (bicyclic) bond motifs is 2. The number of benzene rings is 3. The summed E-state index contributed by atoms with van der Waals surface area (Å²) in [5.74, 6) is 0.000155. The van der Waals surface area contributed by atoms with Crippen LogP contribution in [0.25, 0.3) is 16.8 Å². The predicted octanol–water partition coefficient (Wildman–Crippen LogP) is 3.85. The second-order valence-electron chi connectivity index (χ2n) is 8.34. The molecule has 0 saturated heterocycles. The van der Waals surface area contributed by atoms with Crippen LogP contribution in [0.5, 0.6) is 5.75 Å². The molecule has 3 aromatic carbocycles. The molecule has 1 aliphatic heterocycles. The zero-order chi connectivity index (χ0) is 25.9. The predicted molar refractivity (Wildman–Crippen MR) is 142 cm³/mol. The van der Waals surface area contributed by atoms with Crippen molar-refractivity contribution in [3.05, 3.63) is 109 Å². The van der Waals surface area contributed by atoms with Crippen LogP contribution >= 0.6 is 11.3 Å². The second kappa shape index (κ2) is 10.2. The van der Waals surface area contributed by atoms with Gasteiger partial charge in [0, 0.05) is 5.56 Å². The molecular formula is C29H23N3O4S. The summed E-state index contributed by atoms with van der Waals surface area (Å²) >= 11 is 1.26. The highest BCUT2D eigenvalue weighted by molar-refractivity contribution is 7.07. The Kier molecular flexibility index (Phi) is 6.71. The molecule has 0 amide bonds. The number of nitriles is 1. The number of allylic oxidation sites excluding steroid dienone is 1. The van der Waals surface area contributed by atoms with Crippen LogP contribution in [-0.4, -0.2) is 24.3 Å². The Morgan fingerprint density at radius 3 is 2.62 bits per heavy atom. The fourth-order valence-electron chi connectivity index (χ4n) is 4.61. The smallest absolute Gasteiger partial charge is 0.338 e. The molecule has 0 bridgehead atoms. The Morgan fingerprint density at radius 2 is 1.89 bits per heavy atom. The van der Waals surface area contributed by atoms with Crippen LogP contribution in [0.15, 0.2) is 87.8 Å². The van der Waals surface area contributed by atoms with Gasteiger partial charge in [0.15, 0.2) is 11.4 Å². The number of aromatic nitrogens is 1. The molecule has 0 N–H and O–H groups in total. The minimum atomic E-state index is -0.663. The maximum atomic E-state index is 13.9. The fraction of sp³-hybridized carbons (Fsp3) is 0.172. The van der Waals surface area contributed by atoms with Crippen LogP contribution in [0, 0.1) is 11.3 Å². The van der Waals surface area contributed by atoms with Crippen molar-refractivity contribution in [3.63, 3.8) is 0 Å². The minimum absolute atomic E-state index is 0.114. The first kappa shape index (κ1) is 24.2. The van der Waals surface area contributed by atoms with Gasteiger partial charge in [-0.15, -0.1) is 0 Å². The first-order valence-electron chi connectivity index (χ1n) is 11.8. The van der Waals surface area contributed by atoms with Crippen LogP contribution in [-0.2, 0) is 9.53 Å². The summed E-state index contributed by atoms with van der Waals surface area (Å²) in [7, 11) is 1.33. The van der Waals surface area contributed by atoms with Crippen molar-refractivity contribution in [2.75, 3.05) is 13.7 Å². The Hall–Kier alpha value is -4.48. The van der Waals surface area contributed by atoms with Gasteiger partial charge in [-0.1, -0.05) is 78.9 Å². The average Bonchev–Trinajstić information content (AvgIpc) is 3.25. The van der Waals surface area contributed by atoms with Gasteiger partial charge in [0.2, 0.25) is 0 Å². The van der Waals surface area contributed by atoms with E-state index in [0.29, 0.717) is 38.3 Å². The van der Waals surface area contributed by atoms with Gasteiger partial charge >= 0.3 is 5.97 Å². The molecule has 5 rings (SSSR count). The molecule has 0 radical (unpaired) electrons. The van der Waals surface area contributed by atoms with Crippen molar-refractivity contribution in [1.29, 1.82) is 5.26 Å². The van der Waals surface area contributed by atoms with Crippen molar-refractivity contribution in [1.82, 2.24) is 4.57 Å². The fourth-order valence-corrected chi connectivity index (χ4v) is 5.61. The Labute approximate surface area is 216 Å². The molecular weight excluding hydrogens is 486 g/mol. The van der Waals surface area contributed by atoms with Gasteiger partial charge in [0.1, 0.15) is 11.8 Å². The Balaban J connectivity index is 1.80. The molecule has 1 aromatic heterocycles. The number of ether oxygens (including phenoxy) is 2.